The Bertz CT molecular complexity index is 828. The zero-order valence-electron chi connectivity index (χ0n) is 16.0. The van der Waals surface area contributed by atoms with Gasteiger partial charge in [0, 0.05) is 38.3 Å². The number of β-amino-alcohol motifs (C(OH)–C–C–N with tert-alkyl or cyclic N) is 1. The summed E-state index contributed by atoms with van der Waals surface area (Å²) >= 11 is 0. The van der Waals surface area contributed by atoms with Gasteiger partial charge < -0.3 is 20.1 Å². The fourth-order valence-corrected chi connectivity index (χ4v) is 4.48. The molecule has 0 unspecified atom stereocenters. The van der Waals surface area contributed by atoms with Crippen molar-refractivity contribution in [1.82, 2.24) is 14.9 Å². The first-order chi connectivity index (χ1) is 13.8. The standard InChI is InChI=1S/C21H27N5O2/c27-19-11-26(21-9-20(22-14-23-21)24-17-12-28-13-17)8-6-18(19)25-7-5-15-3-1-2-4-16(15)10-25/h1-4,9,14,17-19,27H,5-8,10-13H2,(H,22,23,24)/t18-,19-/m1/s1. The SMILES string of the molecule is O[C@@H]1CN(c2cc(NC3COC3)ncn2)CC[C@H]1N1CCc2ccccc2C1. The fourth-order valence-electron chi connectivity index (χ4n) is 4.48. The lowest BCUT2D eigenvalue weighted by Gasteiger charge is -2.43. The van der Waals surface area contributed by atoms with Crippen LogP contribution in [0, 0.1) is 0 Å². The number of piperidine rings is 1. The van der Waals surface area contributed by atoms with Crippen LogP contribution in [-0.2, 0) is 17.7 Å². The molecule has 1 aromatic carbocycles. The van der Waals surface area contributed by atoms with Crippen LogP contribution in [-0.4, -0.2) is 71.0 Å². The number of aromatic nitrogens is 2. The largest absolute Gasteiger partial charge is 0.390 e. The summed E-state index contributed by atoms with van der Waals surface area (Å²) in [5.74, 6) is 1.70. The number of nitrogens with zero attached hydrogens (tertiary/aromatic N) is 4. The van der Waals surface area contributed by atoms with Gasteiger partial charge >= 0.3 is 0 Å². The smallest absolute Gasteiger partial charge is 0.134 e. The fraction of sp³-hybridized carbons (Fsp3) is 0.524. The first-order valence-electron chi connectivity index (χ1n) is 10.2. The quantitative estimate of drug-likeness (QED) is 0.827. The van der Waals surface area contributed by atoms with Gasteiger partial charge in [-0.05, 0) is 24.0 Å². The summed E-state index contributed by atoms with van der Waals surface area (Å²) < 4.78 is 5.21. The summed E-state index contributed by atoms with van der Waals surface area (Å²) in [6, 6.07) is 11.2. The van der Waals surface area contributed by atoms with Crippen LogP contribution < -0.4 is 10.2 Å². The van der Waals surface area contributed by atoms with Crippen molar-refractivity contribution >= 4 is 11.6 Å². The number of aliphatic hydroxyl groups excluding tert-OH is 1. The van der Waals surface area contributed by atoms with Gasteiger partial charge in [-0.1, -0.05) is 24.3 Å². The van der Waals surface area contributed by atoms with Gasteiger partial charge in [0.25, 0.3) is 0 Å². The molecule has 2 fully saturated rings. The topological polar surface area (TPSA) is 73.8 Å². The minimum absolute atomic E-state index is 0.205. The third kappa shape index (κ3) is 3.57. The molecular formula is C21H27N5O2. The van der Waals surface area contributed by atoms with E-state index in [1.54, 1.807) is 6.33 Å². The van der Waals surface area contributed by atoms with Crippen molar-refractivity contribution in [2.24, 2.45) is 0 Å². The number of aliphatic hydroxyl groups is 1. The van der Waals surface area contributed by atoms with Crippen LogP contribution in [0.2, 0.25) is 0 Å². The van der Waals surface area contributed by atoms with Crippen molar-refractivity contribution in [3.05, 3.63) is 47.8 Å². The second-order valence-electron chi connectivity index (χ2n) is 8.00. The molecule has 2 atom stereocenters. The number of anilines is 2. The lowest BCUT2D eigenvalue weighted by Crippen LogP contribution is -2.55. The van der Waals surface area contributed by atoms with Crippen molar-refractivity contribution < 1.29 is 9.84 Å². The molecule has 0 bridgehead atoms. The first kappa shape index (κ1) is 17.8. The number of ether oxygens (including phenoxy) is 1. The van der Waals surface area contributed by atoms with Crippen LogP contribution in [0.25, 0.3) is 0 Å². The van der Waals surface area contributed by atoms with E-state index in [0.717, 1.165) is 57.3 Å². The Labute approximate surface area is 165 Å². The molecule has 3 aliphatic rings. The van der Waals surface area contributed by atoms with E-state index < -0.39 is 0 Å². The van der Waals surface area contributed by atoms with Crippen LogP contribution in [0.1, 0.15) is 17.5 Å². The number of benzene rings is 1. The third-order valence-corrected chi connectivity index (χ3v) is 6.14. The molecule has 2 N–H and O–H groups in total. The normalized spacial score (nSPS) is 25.8. The van der Waals surface area contributed by atoms with Gasteiger partial charge in [-0.2, -0.15) is 0 Å². The zero-order chi connectivity index (χ0) is 18.9. The summed E-state index contributed by atoms with van der Waals surface area (Å²) in [5, 5.41) is 14.3. The Morgan fingerprint density at radius 3 is 2.75 bits per heavy atom. The van der Waals surface area contributed by atoms with Crippen molar-refractivity contribution in [3.8, 4) is 0 Å². The van der Waals surface area contributed by atoms with Gasteiger partial charge in [0.05, 0.1) is 25.4 Å². The maximum atomic E-state index is 10.9. The van der Waals surface area contributed by atoms with Crippen LogP contribution >= 0.6 is 0 Å². The highest BCUT2D eigenvalue weighted by atomic mass is 16.5. The summed E-state index contributed by atoms with van der Waals surface area (Å²) in [4.78, 5) is 13.4. The van der Waals surface area contributed by atoms with Gasteiger partial charge in [0.15, 0.2) is 0 Å². The molecule has 148 valence electrons. The number of hydrogen-bond acceptors (Lipinski definition) is 7. The molecular weight excluding hydrogens is 354 g/mol. The lowest BCUT2D eigenvalue weighted by molar-refractivity contribution is 0.0209. The van der Waals surface area contributed by atoms with E-state index in [9.17, 15) is 5.11 Å². The molecule has 5 rings (SSSR count). The molecule has 7 heteroatoms. The van der Waals surface area contributed by atoms with Gasteiger partial charge in [0.2, 0.25) is 0 Å². The minimum atomic E-state index is -0.384. The highest BCUT2D eigenvalue weighted by Gasteiger charge is 2.34. The van der Waals surface area contributed by atoms with Crippen molar-refractivity contribution in [3.63, 3.8) is 0 Å². The van der Waals surface area contributed by atoms with Gasteiger partial charge in [-0.25, -0.2) is 9.97 Å². The van der Waals surface area contributed by atoms with Gasteiger partial charge in [0.1, 0.15) is 18.0 Å². The summed E-state index contributed by atoms with van der Waals surface area (Å²) in [6.07, 6.45) is 3.21. The van der Waals surface area contributed by atoms with Gasteiger partial charge in [-0.15, -0.1) is 0 Å². The number of rotatable bonds is 4. The highest BCUT2D eigenvalue weighted by molar-refractivity contribution is 5.49. The van der Waals surface area contributed by atoms with Crippen LogP contribution in [0.15, 0.2) is 36.7 Å². The van der Waals surface area contributed by atoms with E-state index in [4.69, 9.17) is 4.74 Å². The summed E-state index contributed by atoms with van der Waals surface area (Å²) in [5.41, 5.74) is 2.85. The number of nitrogens with one attached hydrogen (secondary N) is 1. The third-order valence-electron chi connectivity index (χ3n) is 6.14. The lowest BCUT2D eigenvalue weighted by atomic mass is 9.94. The summed E-state index contributed by atoms with van der Waals surface area (Å²) in [6.45, 7) is 4.90. The zero-order valence-corrected chi connectivity index (χ0v) is 16.0. The molecule has 2 aromatic rings. The Kier molecular flexibility index (Phi) is 4.88. The predicted molar refractivity (Wildman–Crippen MR) is 107 cm³/mol. The van der Waals surface area contributed by atoms with Crippen molar-refractivity contribution in [2.45, 2.75) is 37.6 Å². The first-order valence-corrected chi connectivity index (χ1v) is 10.2. The molecule has 7 nitrogen and oxygen atoms in total. The van der Waals surface area contributed by atoms with Gasteiger partial charge in [-0.3, -0.25) is 4.90 Å². The van der Waals surface area contributed by atoms with E-state index in [1.165, 1.54) is 11.1 Å². The van der Waals surface area contributed by atoms with Crippen LogP contribution in [0.5, 0.6) is 0 Å². The van der Waals surface area contributed by atoms with E-state index in [0.29, 0.717) is 12.6 Å². The molecule has 28 heavy (non-hydrogen) atoms. The number of fused-ring (bicyclic) bond motifs is 1. The second-order valence-corrected chi connectivity index (χ2v) is 8.00. The van der Waals surface area contributed by atoms with Crippen molar-refractivity contribution in [1.29, 1.82) is 0 Å². The molecule has 0 spiro atoms. The Balaban J connectivity index is 1.23. The van der Waals surface area contributed by atoms with E-state index in [1.807, 2.05) is 6.07 Å². The molecule has 0 amide bonds. The molecule has 2 saturated heterocycles. The van der Waals surface area contributed by atoms with Crippen molar-refractivity contribution in [2.75, 3.05) is 43.1 Å². The molecule has 0 aliphatic carbocycles. The van der Waals surface area contributed by atoms with E-state index in [-0.39, 0.29) is 12.1 Å². The Hall–Kier alpha value is -2.22. The van der Waals surface area contributed by atoms with Crippen LogP contribution in [0.3, 0.4) is 0 Å². The predicted octanol–water partition coefficient (Wildman–Crippen LogP) is 1.29. The maximum Gasteiger partial charge on any atom is 0.134 e. The second kappa shape index (κ2) is 7.66. The van der Waals surface area contributed by atoms with E-state index >= 15 is 0 Å². The average molecular weight is 381 g/mol. The summed E-state index contributed by atoms with van der Waals surface area (Å²) in [7, 11) is 0. The maximum absolute atomic E-state index is 10.9. The highest BCUT2D eigenvalue weighted by Crippen LogP contribution is 2.27. The molecule has 3 aliphatic heterocycles. The van der Waals surface area contributed by atoms with Crippen LogP contribution in [0.4, 0.5) is 11.6 Å². The Morgan fingerprint density at radius 1 is 1.11 bits per heavy atom. The molecule has 4 heterocycles. The average Bonchev–Trinajstić information content (AvgIpc) is 2.70. The Morgan fingerprint density at radius 2 is 1.96 bits per heavy atom. The molecule has 0 saturated carbocycles. The monoisotopic (exact) mass is 381 g/mol. The minimum Gasteiger partial charge on any atom is -0.390 e. The number of hydrogen-bond donors (Lipinski definition) is 2. The molecule has 0 radical (unpaired) electrons. The molecule has 1 aromatic heterocycles. The van der Waals surface area contributed by atoms with E-state index in [2.05, 4.69) is 49.4 Å².